The van der Waals surface area contributed by atoms with E-state index in [1.807, 2.05) is 24.3 Å². The average Bonchev–Trinajstić information content (AvgIpc) is 2.24. The molecule has 0 radical (unpaired) electrons. The molecular weight excluding hydrogens is 252 g/mol. The van der Waals surface area contributed by atoms with Gasteiger partial charge in [0.15, 0.2) is 0 Å². The van der Waals surface area contributed by atoms with Gasteiger partial charge >= 0.3 is 0 Å². The lowest BCUT2D eigenvalue weighted by molar-refractivity contribution is 0.269. The summed E-state index contributed by atoms with van der Waals surface area (Å²) in [5.41, 5.74) is 1.18. The van der Waals surface area contributed by atoms with Gasteiger partial charge in [0.1, 0.15) is 5.75 Å². The molecule has 18 heavy (non-hydrogen) atoms. The van der Waals surface area contributed by atoms with E-state index in [9.17, 15) is 8.42 Å². The predicted octanol–water partition coefficient (Wildman–Crippen LogP) is 2.71. The van der Waals surface area contributed by atoms with Crippen molar-refractivity contribution in [3.63, 3.8) is 0 Å². The summed E-state index contributed by atoms with van der Waals surface area (Å²) in [5, 5.41) is 0. The molecule has 0 bridgehead atoms. The molecule has 0 saturated carbocycles. The largest absolute Gasteiger partial charge is 0.493 e. The molecule has 1 unspecified atom stereocenters. The van der Waals surface area contributed by atoms with Gasteiger partial charge in [0.25, 0.3) is 10.1 Å². The Hall–Kier alpha value is -1.07. The summed E-state index contributed by atoms with van der Waals surface area (Å²) < 4.78 is 35.6. The molecule has 0 aliphatic rings. The van der Waals surface area contributed by atoms with E-state index in [-0.39, 0.29) is 18.3 Å². The van der Waals surface area contributed by atoms with Crippen LogP contribution >= 0.6 is 0 Å². The molecule has 1 N–H and O–H groups in total. The summed E-state index contributed by atoms with van der Waals surface area (Å²) in [7, 11) is -3.93. The van der Waals surface area contributed by atoms with Crippen molar-refractivity contribution in [2.45, 2.75) is 26.7 Å². The third kappa shape index (κ3) is 5.51. The molecule has 1 aromatic carbocycles. The van der Waals surface area contributed by atoms with E-state index in [0.717, 1.165) is 5.75 Å². The highest BCUT2D eigenvalue weighted by Gasteiger charge is 2.13. The SMILES string of the molecule is CC(COc1cccc(C(C)C)c1)CS(=O)(=O)O. The van der Waals surface area contributed by atoms with Crippen molar-refractivity contribution < 1.29 is 17.7 Å². The molecule has 1 atom stereocenters. The highest BCUT2D eigenvalue weighted by atomic mass is 32.2. The summed E-state index contributed by atoms with van der Waals surface area (Å²) in [6.45, 7) is 6.18. The predicted molar refractivity (Wildman–Crippen MR) is 71.6 cm³/mol. The molecule has 0 heterocycles. The molecule has 0 aliphatic heterocycles. The molecular formula is C13H20O4S. The summed E-state index contributed by atoms with van der Waals surface area (Å²) in [6.07, 6.45) is 0. The minimum atomic E-state index is -3.93. The highest BCUT2D eigenvalue weighted by Crippen LogP contribution is 2.20. The zero-order chi connectivity index (χ0) is 13.8. The number of benzene rings is 1. The lowest BCUT2D eigenvalue weighted by atomic mass is 10.0. The maximum Gasteiger partial charge on any atom is 0.265 e. The van der Waals surface area contributed by atoms with Crippen molar-refractivity contribution in [2.75, 3.05) is 12.4 Å². The highest BCUT2D eigenvalue weighted by molar-refractivity contribution is 7.85. The Morgan fingerprint density at radius 3 is 2.50 bits per heavy atom. The number of ether oxygens (including phenoxy) is 1. The molecule has 1 rings (SSSR count). The number of hydrogen-bond acceptors (Lipinski definition) is 3. The van der Waals surface area contributed by atoms with Crippen LogP contribution in [0.1, 0.15) is 32.3 Å². The Kier molecular flexibility index (Phi) is 5.16. The van der Waals surface area contributed by atoms with Gasteiger partial charge in [0.2, 0.25) is 0 Å². The van der Waals surface area contributed by atoms with Crippen LogP contribution in [0.25, 0.3) is 0 Å². The second-order valence-electron chi connectivity index (χ2n) is 4.89. The van der Waals surface area contributed by atoms with Gasteiger partial charge in [-0.3, -0.25) is 4.55 Å². The van der Waals surface area contributed by atoms with Crippen LogP contribution in [0.2, 0.25) is 0 Å². The van der Waals surface area contributed by atoms with Gasteiger partial charge in [-0.25, -0.2) is 0 Å². The van der Waals surface area contributed by atoms with Gasteiger partial charge < -0.3 is 4.74 Å². The first-order valence-electron chi connectivity index (χ1n) is 5.96. The fraction of sp³-hybridized carbons (Fsp3) is 0.538. The van der Waals surface area contributed by atoms with Crippen molar-refractivity contribution in [1.29, 1.82) is 0 Å². The van der Waals surface area contributed by atoms with E-state index in [2.05, 4.69) is 13.8 Å². The molecule has 102 valence electrons. The summed E-state index contributed by atoms with van der Waals surface area (Å²) >= 11 is 0. The molecule has 0 saturated heterocycles. The van der Waals surface area contributed by atoms with Crippen LogP contribution in [0.15, 0.2) is 24.3 Å². The first kappa shape index (κ1) is 15.0. The van der Waals surface area contributed by atoms with Crippen LogP contribution < -0.4 is 4.74 Å². The summed E-state index contributed by atoms with van der Waals surface area (Å²) in [5.74, 6) is 0.617. The Morgan fingerprint density at radius 2 is 1.94 bits per heavy atom. The Bertz CT molecular complexity index is 480. The van der Waals surface area contributed by atoms with Crippen LogP contribution in [0, 0.1) is 5.92 Å². The Balaban J connectivity index is 2.56. The van der Waals surface area contributed by atoms with Crippen LogP contribution in [0.5, 0.6) is 5.75 Å². The van der Waals surface area contributed by atoms with Gasteiger partial charge in [-0.1, -0.05) is 32.9 Å². The van der Waals surface area contributed by atoms with Crippen LogP contribution in [0.3, 0.4) is 0 Å². The fourth-order valence-electron chi connectivity index (χ4n) is 1.61. The second-order valence-corrected chi connectivity index (χ2v) is 6.39. The van der Waals surface area contributed by atoms with E-state index in [4.69, 9.17) is 9.29 Å². The third-order valence-corrected chi connectivity index (χ3v) is 3.54. The molecule has 5 heteroatoms. The zero-order valence-electron chi connectivity index (χ0n) is 11.0. The van der Waals surface area contributed by atoms with Gasteiger partial charge in [0, 0.05) is 5.92 Å². The minimum Gasteiger partial charge on any atom is -0.493 e. The first-order chi connectivity index (χ1) is 8.28. The molecule has 4 nitrogen and oxygen atoms in total. The lowest BCUT2D eigenvalue weighted by Crippen LogP contribution is -2.18. The topological polar surface area (TPSA) is 63.6 Å². The molecule has 0 aliphatic carbocycles. The van der Waals surface area contributed by atoms with E-state index in [1.165, 1.54) is 5.56 Å². The van der Waals surface area contributed by atoms with Gasteiger partial charge in [-0.15, -0.1) is 0 Å². The van der Waals surface area contributed by atoms with Gasteiger partial charge in [-0.05, 0) is 23.6 Å². The maximum atomic E-state index is 10.7. The normalized spacial score (nSPS) is 13.6. The first-order valence-corrected chi connectivity index (χ1v) is 7.57. The maximum absolute atomic E-state index is 10.7. The zero-order valence-corrected chi connectivity index (χ0v) is 11.8. The molecule has 0 amide bonds. The van der Waals surface area contributed by atoms with Gasteiger partial charge in [-0.2, -0.15) is 8.42 Å². The number of hydrogen-bond donors (Lipinski definition) is 1. The lowest BCUT2D eigenvalue weighted by Gasteiger charge is -2.13. The Morgan fingerprint density at radius 1 is 1.28 bits per heavy atom. The standard InChI is InChI=1S/C13H20O4S/c1-10(2)12-5-4-6-13(7-12)17-8-11(3)9-18(14,15)16/h4-7,10-11H,8-9H2,1-3H3,(H,14,15,16). The Labute approximate surface area is 109 Å². The molecule has 0 spiro atoms. The quantitative estimate of drug-likeness (QED) is 0.809. The smallest absolute Gasteiger partial charge is 0.265 e. The van der Waals surface area contributed by atoms with E-state index in [0.29, 0.717) is 5.92 Å². The third-order valence-electron chi connectivity index (χ3n) is 2.55. The number of rotatable bonds is 6. The second kappa shape index (κ2) is 6.20. The van der Waals surface area contributed by atoms with Crippen molar-refractivity contribution in [3.05, 3.63) is 29.8 Å². The van der Waals surface area contributed by atoms with Crippen molar-refractivity contribution in [3.8, 4) is 5.75 Å². The monoisotopic (exact) mass is 272 g/mol. The van der Waals surface area contributed by atoms with Crippen LogP contribution in [0.4, 0.5) is 0 Å². The molecule has 0 fully saturated rings. The van der Waals surface area contributed by atoms with Crippen molar-refractivity contribution in [2.24, 2.45) is 5.92 Å². The summed E-state index contributed by atoms with van der Waals surface area (Å²) in [4.78, 5) is 0. The molecule has 1 aromatic rings. The van der Waals surface area contributed by atoms with Crippen molar-refractivity contribution >= 4 is 10.1 Å². The molecule has 0 aromatic heterocycles. The summed E-state index contributed by atoms with van der Waals surface area (Å²) in [6, 6.07) is 7.73. The minimum absolute atomic E-state index is 0.247. The van der Waals surface area contributed by atoms with Crippen molar-refractivity contribution in [1.82, 2.24) is 0 Å². The average molecular weight is 272 g/mol. The van der Waals surface area contributed by atoms with E-state index in [1.54, 1.807) is 6.92 Å². The van der Waals surface area contributed by atoms with Crippen LogP contribution in [-0.4, -0.2) is 25.3 Å². The van der Waals surface area contributed by atoms with E-state index < -0.39 is 10.1 Å². The van der Waals surface area contributed by atoms with Gasteiger partial charge in [0.05, 0.1) is 12.4 Å². The van der Waals surface area contributed by atoms with E-state index >= 15 is 0 Å². The fourth-order valence-corrected chi connectivity index (χ4v) is 2.42. The van der Waals surface area contributed by atoms with Crippen LogP contribution in [-0.2, 0) is 10.1 Å².